The van der Waals surface area contributed by atoms with Gasteiger partial charge in [-0.3, -0.25) is 9.69 Å². The summed E-state index contributed by atoms with van der Waals surface area (Å²) in [4.78, 5) is 17.9. The first-order valence-electron chi connectivity index (χ1n) is 12.2. The molecule has 1 aromatic heterocycles. The molecule has 0 saturated carbocycles. The summed E-state index contributed by atoms with van der Waals surface area (Å²) in [5.74, 6) is -1.12. The average molecular weight is 497 g/mol. The molecule has 4 aliphatic heterocycles. The number of thiophene rings is 1. The summed E-state index contributed by atoms with van der Waals surface area (Å²) in [6.45, 7) is 12.5. The Morgan fingerprint density at radius 3 is 2.50 bits per heavy atom. The third-order valence-corrected chi connectivity index (χ3v) is 7.64. The summed E-state index contributed by atoms with van der Waals surface area (Å²) in [5.41, 5.74) is 0. The van der Waals surface area contributed by atoms with E-state index < -0.39 is 17.9 Å². The summed E-state index contributed by atoms with van der Waals surface area (Å²) < 4.78 is 36.5. The quantitative estimate of drug-likeness (QED) is 0.566. The Kier molecular flexibility index (Phi) is 7.04. The summed E-state index contributed by atoms with van der Waals surface area (Å²) in [7, 11) is 0. The second kappa shape index (κ2) is 9.74. The molecule has 0 aromatic carbocycles. The lowest BCUT2D eigenvalue weighted by molar-refractivity contribution is -0.248. The van der Waals surface area contributed by atoms with Crippen LogP contribution in [-0.4, -0.2) is 104 Å². The monoisotopic (exact) mass is 496 g/mol. The van der Waals surface area contributed by atoms with E-state index in [0.29, 0.717) is 19.6 Å². The molecule has 1 amide bonds. The van der Waals surface area contributed by atoms with E-state index in [9.17, 15) is 4.79 Å². The predicted octanol–water partition coefficient (Wildman–Crippen LogP) is 1.85. The van der Waals surface area contributed by atoms with Crippen molar-refractivity contribution in [2.45, 2.75) is 76.4 Å². The average Bonchev–Trinajstić information content (AvgIpc) is 3.54. The summed E-state index contributed by atoms with van der Waals surface area (Å²) in [6.07, 6.45) is -1.13. The minimum atomic E-state index is -0.695. The number of carbonyl (C=O) groups excluding carboxylic acids is 1. The lowest BCUT2D eigenvalue weighted by Crippen LogP contribution is -2.50. The molecular weight excluding hydrogens is 460 g/mol. The zero-order valence-corrected chi connectivity index (χ0v) is 21.3. The highest BCUT2D eigenvalue weighted by atomic mass is 32.1. The number of hydrogen-bond acceptors (Lipinski definition) is 9. The normalized spacial score (nSPS) is 35.1. The topological polar surface area (TPSA) is 78.9 Å². The van der Waals surface area contributed by atoms with Crippen molar-refractivity contribution in [3.05, 3.63) is 22.4 Å². The number of nitrogens with zero attached hydrogens (tertiary/aromatic N) is 2. The molecule has 4 aliphatic rings. The fraction of sp³-hybridized carbons (Fsp3) is 0.792. The van der Waals surface area contributed by atoms with Crippen LogP contribution in [-0.2, 0) is 39.6 Å². The van der Waals surface area contributed by atoms with Gasteiger partial charge in [0.15, 0.2) is 17.9 Å². The van der Waals surface area contributed by atoms with Crippen LogP contribution in [0.25, 0.3) is 0 Å². The van der Waals surface area contributed by atoms with Gasteiger partial charge in [0.2, 0.25) is 5.91 Å². The molecule has 5 atom stereocenters. The van der Waals surface area contributed by atoms with Gasteiger partial charge in [0.1, 0.15) is 24.4 Å². The molecule has 0 N–H and O–H groups in total. The van der Waals surface area contributed by atoms with Crippen LogP contribution in [0.15, 0.2) is 17.5 Å². The number of fused-ring (bicyclic) bond motifs is 1. The molecule has 10 heteroatoms. The molecule has 4 fully saturated rings. The molecule has 0 unspecified atom stereocenters. The molecule has 190 valence electrons. The van der Waals surface area contributed by atoms with E-state index in [2.05, 4.69) is 4.90 Å². The molecule has 34 heavy (non-hydrogen) atoms. The van der Waals surface area contributed by atoms with Crippen LogP contribution in [0.1, 0.15) is 32.6 Å². The number of rotatable bonds is 7. The summed E-state index contributed by atoms with van der Waals surface area (Å²) in [6, 6.07) is 4.01. The Labute approximate surface area is 205 Å². The summed E-state index contributed by atoms with van der Waals surface area (Å²) in [5, 5.41) is 2.01. The van der Waals surface area contributed by atoms with Crippen molar-refractivity contribution in [2.24, 2.45) is 0 Å². The Bertz CT molecular complexity index is 840. The van der Waals surface area contributed by atoms with Gasteiger partial charge in [-0.15, -0.1) is 11.3 Å². The van der Waals surface area contributed by atoms with E-state index in [1.807, 2.05) is 50.1 Å². The first-order valence-corrected chi connectivity index (χ1v) is 13.0. The van der Waals surface area contributed by atoms with Crippen LogP contribution >= 0.6 is 11.3 Å². The molecule has 5 heterocycles. The minimum absolute atomic E-state index is 0.206. The van der Waals surface area contributed by atoms with Crippen molar-refractivity contribution in [3.8, 4) is 0 Å². The van der Waals surface area contributed by atoms with Gasteiger partial charge in [0.05, 0.1) is 19.6 Å². The van der Waals surface area contributed by atoms with E-state index in [4.69, 9.17) is 28.4 Å². The second-order valence-electron chi connectivity index (χ2n) is 10.3. The maximum Gasteiger partial charge on any atom is 0.227 e. The van der Waals surface area contributed by atoms with Crippen LogP contribution in [0.5, 0.6) is 0 Å². The van der Waals surface area contributed by atoms with Crippen LogP contribution < -0.4 is 0 Å². The Morgan fingerprint density at radius 2 is 1.82 bits per heavy atom. The van der Waals surface area contributed by atoms with E-state index in [0.717, 1.165) is 37.6 Å². The van der Waals surface area contributed by atoms with Crippen molar-refractivity contribution < 1.29 is 33.2 Å². The first kappa shape index (κ1) is 24.6. The molecular formula is C24H36N2O7S. The molecule has 1 aromatic rings. The second-order valence-corrected chi connectivity index (χ2v) is 11.3. The standard InChI is InChI=1S/C24H36N2O7S/c1-23(2)29-15-17(31-23)19-20-21(33-24(3,4)32-20)22(30-19)28-12-11-25-7-9-26(10-8-25)18(27)14-16-6-5-13-34-16/h5-6,13,17,19-22H,7-12,14-15H2,1-4H3/t17-,19-,20+,21+,22+/m1/s1. The van der Waals surface area contributed by atoms with E-state index in [1.54, 1.807) is 11.3 Å². The van der Waals surface area contributed by atoms with Crippen LogP contribution in [0, 0.1) is 0 Å². The van der Waals surface area contributed by atoms with Gasteiger partial charge in [0, 0.05) is 37.6 Å². The van der Waals surface area contributed by atoms with Gasteiger partial charge in [-0.05, 0) is 39.1 Å². The third kappa shape index (κ3) is 5.49. The van der Waals surface area contributed by atoms with Gasteiger partial charge < -0.3 is 33.3 Å². The van der Waals surface area contributed by atoms with Gasteiger partial charge in [-0.1, -0.05) is 6.07 Å². The fourth-order valence-electron chi connectivity index (χ4n) is 5.09. The Balaban J connectivity index is 1.08. The number of carbonyl (C=O) groups is 1. The first-order chi connectivity index (χ1) is 16.2. The molecule has 0 radical (unpaired) electrons. The van der Waals surface area contributed by atoms with Crippen molar-refractivity contribution in [2.75, 3.05) is 45.9 Å². The summed E-state index contributed by atoms with van der Waals surface area (Å²) >= 11 is 1.63. The highest BCUT2D eigenvalue weighted by molar-refractivity contribution is 7.10. The smallest absolute Gasteiger partial charge is 0.227 e. The van der Waals surface area contributed by atoms with Crippen LogP contribution in [0.3, 0.4) is 0 Å². The largest absolute Gasteiger partial charge is 0.349 e. The van der Waals surface area contributed by atoms with Gasteiger partial charge in [-0.25, -0.2) is 0 Å². The lowest BCUT2D eigenvalue weighted by Gasteiger charge is -2.35. The predicted molar refractivity (Wildman–Crippen MR) is 124 cm³/mol. The zero-order valence-electron chi connectivity index (χ0n) is 20.4. The number of amides is 1. The van der Waals surface area contributed by atoms with Gasteiger partial charge in [0.25, 0.3) is 0 Å². The maximum atomic E-state index is 12.5. The van der Waals surface area contributed by atoms with Crippen molar-refractivity contribution in [1.29, 1.82) is 0 Å². The fourth-order valence-corrected chi connectivity index (χ4v) is 5.79. The van der Waals surface area contributed by atoms with Crippen LogP contribution in [0.2, 0.25) is 0 Å². The third-order valence-electron chi connectivity index (χ3n) is 6.76. The number of piperazine rings is 1. The van der Waals surface area contributed by atoms with Crippen LogP contribution in [0.4, 0.5) is 0 Å². The van der Waals surface area contributed by atoms with Crippen molar-refractivity contribution in [3.63, 3.8) is 0 Å². The molecule has 5 rings (SSSR count). The van der Waals surface area contributed by atoms with E-state index >= 15 is 0 Å². The highest BCUT2D eigenvalue weighted by Gasteiger charge is 2.59. The highest BCUT2D eigenvalue weighted by Crippen LogP contribution is 2.42. The Hall–Kier alpha value is -1.11. The maximum absolute atomic E-state index is 12.5. The zero-order chi connectivity index (χ0) is 23.9. The van der Waals surface area contributed by atoms with Gasteiger partial charge >= 0.3 is 0 Å². The van der Waals surface area contributed by atoms with Crippen molar-refractivity contribution >= 4 is 17.2 Å². The minimum Gasteiger partial charge on any atom is -0.349 e. The molecule has 0 spiro atoms. The number of ether oxygens (including phenoxy) is 6. The number of hydrogen-bond donors (Lipinski definition) is 0. The molecule has 4 saturated heterocycles. The molecule has 9 nitrogen and oxygen atoms in total. The van der Waals surface area contributed by atoms with E-state index in [1.165, 1.54) is 0 Å². The SMILES string of the molecule is CC1(C)O[C@@H]2[C@H](O1)[C@@H](OCCN1CCN(C(=O)Cc3cccs3)CC1)O[C@@H]2[C@H]1COC(C)(C)O1. The molecule has 0 aliphatic carbocycles. The molecule has 0 bridgehead atoms. The Morgan fingerprint density at radius 1 is 1.06 bits per heavy atom. The lowest BCUT2D eigenvalue weighted by atomic mass is 10.1. The van der Waals surface area contributed by atoms with Gasteiger partial charge in [-0.2, -0.15) is 0 Å². The van der Waals surface area contributed by atoms with E-state index in [-0.39, 0.29) is 30.3 Å². The van der Waals surface area contributed by atoms with Crippen molar-refractivity contribution in [1.82, 2.24) is 9.80 Å².